The number of carbonyl (C=O) groups excluding carboxylic acids is 1. The average Bonchev–Trinajstić information content (AvgIpc) is 2.29. The lowest BCUT2D eigenvalue weighted by atomic mass is 9.70. The summed E-state index contributed by atoms with van der Waals surface area (Å²) in [5.41, 5.74) is 5.23. The molecular weight excluding hydrogens is 200 g/mol. The van der Waals surface area contributed by atoms with Crippen molar-refractivity contribution in [3.05, 3.63) is 0 Å². The van der Waals surface area contributed by atoms with Crippen molar-refractivity contribution >= 4 is 5.91 Å². The Morgan fingerprint density at radius 2 is 2.19 bits per heavy atom. The molecule has 0 saturated heterocycles. The van der Waals surface area contributed by atoms with Gasteiger partial charge in [0.15, 0.2) is 0 Å². The van der Waals surface area contributed by atoms with Crippen LogP contribution in [0.5, 0.6) is 0 Å². The van der Waals surface area contributed by atoms with Crippen molar-refractivity contribution in [1.82, 2.24) is 5.32 Å². The lowest BCUT2D eigenvalue weighted by Gasteiger charge is -2.44. The number of rotatable bonds is 5. The van der Waals surface area contributed by atoms with Gasteiger partial charge in [-0.2, -0.15) is 0 Å². The summed E-state index contributed by atoms with van der Waals surface area (Å²) in [6, 6.07) is 0.361. The van der Waals surface area contributed by atoms with E-state index in [0.29, 0.717) is 12.0 Å². The minimum Gasteiger partial charge on any atom is -0.368 e. The molecule has 0 bridgehead atoms. The van der Waals surface area contributed by atoms with Crippen LogP contribution in [0.2, 0.25) is 0 Å². The Kier molecular flexibility index (Phi) is 4.78. The first-order valence-corrected chi connectivity index (χ1v) is 6.64. The fourth-order valence-corrected chi connectivity index (χ4v) is 2.92. The summed E-state index contributed by atoms with van der Waals surface area (Å²) in [4.78, 5) is 11.9. The van der Waals surface area contributed by atoms with E-state index >= 15 is 0 Å². The monoisotopic (exact) mass is 226 g/mol. The van der Waals surface area contributed by atoms with Crippen LogP contribution in [-0.2, 0) is 4.79 Å². The van der Waals surface area contributed by atoms with Gasteiger partial charge in [-0.05, 0) is 32.1 Å². The van der Waals surface area contributed by atoms with Gasteiger partial charge in [0.2, 0.25) is 5.91 Å². The Labute approximate surface area is 99.2 Å². The molecule has 3 unspecified atom stereocenters. The lowest BCUT2D eigenvalue weighted by Crippen LogP contribution is -2.63. The standard InChI is InChI=1S/C13H26N2O/c1-4-10(3)15-13(12(14)16)9-7-6-8-11(13)5-2/h10-11,15H,4-9H2,1-3H3,(H2,14,16). The van der Waals surface area contributed by atoms with Crippen LogP contribution in [0.3, 0.4) is 0 Å². The van der Waals surface area contributed by atoms with Crippen LogP contribution in [0.1, 0.15) is 59.3 Å². The molecule has 0 aromatic carbocycles. The SMILES string of the molecule is CCC(C)NC1(C(N)=O)CCCCC1CC. The molecule has 3 heteroatoms. The molecule has 0 aliphatic heterocycles. The summed E-state index contributed by atoms with van der Waals surface area (Å²) >= 11 is 0. The Balaban J connectivity index is 2.87. The van der Waals surface area contributed by atoms with Crippen LogP contribution in [0.15, 0.2) is 0 Å². The van der Waals surface area contributed by atoms with Gasteiger partial charge < -0.3 is 11.1 Å². The maximum absolute atomic E-state index is 11.9. The molecule has 1 aliphatic carbocycles. The summed E-state index contributed by atoms with van der Waals surface area (Å²) in [6.07, 6.45) is 6.45. The lowest BCUT2D eigenvalue weighted by molar-refractivity contribution is -0.128. The minimum absolute atomic E-state index is 0.153. The largest absolute Gasteiger partial charge is 0.368 e. The molecule has 1 saturated carbocycles. The molecule has 3 nitrogen and oxygen atoms in total. The third-order valence-corrected chi connectivity index (χ3v) is 4.12. The molecule has 0 heterocycles. The predicted octanol–water partition coefficient (Wildman–Crippen LogP) is 2.20. The second kappa shape index (κ2) is 5.67. The van der Waals surface area contributed by atoms with E-state index < -0.39 is 5.54 Å². The fourth-order valence-electron chi connectivity index (χ4n) is 2.92. The Morgan fingerprint density at radius 1 is 1.50 bits per heavy atom. The third-order valence-electron chi connectivity index (χ3n) is 4.12. The molecule has 0 radical (unpaired) electrons. The molecule has 94 valence electrons. The Hall–Kier alpha value is -0.570. The van der Waals surface area contributed by atoms with Crippen LogP contribution < -0.4 is 11.1 Å². The van der Waals surface area contributed by atoms with E-state index in [4.69, 9.17) is 5.73 Å². The topological polar surface area (TPSA) is 55.1 Å². The van der Waals surface area contributed by atoms with Gasteiger partial charge >= 0.3 is 0 Å². The highest BCUT2D eigenvalue weighted by Gasteiger charge is 2.45. The summed E-state index contributed by atoms with van der Waals surface area (Å²) < 4.78 is 0. The first-order chi connectivity index (χ1) is 7.56. The van der Waals surface area contributed by atoms with Crippen LogP contribution in [0.4, 0.5) is 0 Å². The van der Waals surface area contributed by atoms with E-state index in [2.05, 4.69) is 26.1 Å². The summed E-state index contributed by atoms with van der Waals surface area (Å²) in [7, 11) is 0. The first kappa shape index (κ1) is 13.5. The number of hydrogen-bond donors (Lipinski definition) is 2. The number of nitrogens with one attached hydrogen (secondary N) is 1. The molecule has 3 N–H and O–H groups in total. The van der Waals surface area contributed by atoms with Crippen molar-refractivity contribution in [3.63, 3.8) is 0 Å². The van der Waals surface area contributed by atoms with Gasteiger partial charge in [0, 0.05) is 6.04 Å². The van der Waals surface area contributed by atoms with Gasteiger partial charge in [0.25, 0.3) is 0 Å². The van der Waals surface area contributed by atoms with E-state index in [9.17, 15) is 4.79 Å². The maximum atomic E-state index is 11.9. The Bertz CT molecular complexity index is 242. The van der Waals surface area contributed by atoms with Gasteiger partial charge in [-0.25, -0.2) is 0 Å². The molecule has 1 aliphatic rings. The molecule has 0 aromatic heterocycles. The highest BCUT2D eigenvalue weighted by atomic mass is 16.1. The molecule has 1 fully saturated rings. The van der Waals surface area contributed by atoms with E-state index in [1.807, 2.05) is 0 Å². The molecule has 16 heavy (non-hydrogen) atoms. The number of amides is 1. The zero-order valence-corrected chi connectivity index (χ0v) is 10.9. The Morgan fingerprint density at radius 3 is 2.69 bits per heavy atom. The molecular formula is C13H26N2O. The van der Waals surface area contributed by atoms with Gasteiger partial charge in [-0.1, -0.05) is 33.1 Å². The second-order valence-electron chi connectivity index (χ2n) is 5.14. The first-order valence-electron chi connectivity index (χ1n) is 6.64. The second-order valence-corrected chi connectivity index (χ2v) is 5.14. The average molecular weight is 226 g/mol. The summed E-state index contributed by atoms with van der Waals surface area (Å²) in [5.74, 6) is 0.257. The van der Waals surface area contributed by atoms with Gasteiger partial charge in [-0.3, -0.25) is 4.79 Å². The highest BCUT2D eigenvalue weighted by molar-refractivity contribution is 5.85. The van der Waals surface area contributed by atoms with Crippen molar-refractivity contribution in [3.8, 4) is 0 Å². The van der Waals surface area contributed by atoms with E-state index in [1.54, 1.807) is 0 Å². The number of primary amides is 1. The van der Waals surface area contributed by atoms with Gasteiger partial charge in [0.1, 0.15) is 5.54 Å². The van der Waals surface area contributed by atoms with Crippen LogP contribution in [-0.4, -0.2) is 17.5 Å². The molecule has 3 atom stereocenters. The van der Waals surface area contributed by atoms with E-state index in [1.165, 1.54) is 6.42 Å². The van der Waals surface area contributed by atoms with E-state index in [0.717, 1.165) is 32.1 Å². The third kappa shape index (κ3) is 2.57. The smallest absolute Gasteiger partial charge is 0.238 e. The molecule has 1 rings (SSSR count). The number of nitrogens with two attached hydrogens (primary N) is 1. The summed E-state index contributed by atoms with van der Waals surface area (Å²) in [6.45, 7) is 6.42. The van der Waals surface area contributed by atoms with Crippen molar-refractivity contribution in [2.45, 2.75) is 70.9 Å². The summed E-state index contributed by atoms with van der Waals surface area (Å²) in [5, 5.41) is 3.51. The quantitative estimate of drug-likeness (QED) is 0.755. The number of hydrogen-bond acceptors (Lipinski definition) is 2. The molecule has 0 spiro atoms. The predicted molar refractivity (Wildman–Crippen MR) is 67.1 cm³/mol. The highest BCUT2D eigenvalue weighted by Crippen LogP contribution is 2.36. The van der Waals surface area contributed by atoms with Gasteiger partial charge in [0.05, 0.1) is 0 Å². The molecule has 1 amide bonds. The molecule has 0 aromatic rings. The van der Waals surface area contributed by atoms with Crippen molar-refractivity contribution in [2.75, 3.05) is 0 Å². The van der Waals surface area contributed by atoms with Gasteiger partial charge in [-0.15, -0.1) is 0 Å². The van der Waals surface area contributed by atoms with E-state index in [-0.39, 0.29) is 5.91 Å². The van der Waals surface area contributed by atoms with Crippen LogP contribution in [0.25, 0.3) is 0 Å². The van der Waals surface area contributed by atoms with Crippen LogP contribution >= 0.6 is 0 Å². The van der Waals surface area contributed by atoms with Crippen molar-refractivity contribution < 1.29 is 4.79 Å². The van der Waals surface area contributed by atoms with Crippen LogP contribution in [0, 0.1) is 5.92 Å². The normalized spacial score (nSPS) is 32.3. The fraction of sp³-hybridized carbons (Fsp3) is 0.923. The zero-order chi connectivity index (χ0) is 12.2. The zero-order valence-electron chi connectivity index (χ0n) is 10.9. The number of carbonyl (C=O) groups is 1. The minimum atomic E-state index is -0.442. The maximum Gasteiger partial charge on any atom is 0.238 e. The van der Waals surface area contributed by atoms with Crippen molar-refractivity contribution in [2.24, 2.45) is 11.7 Å². The van der Waals surface area contributed by atoms with Crippen molar-refractivity contribution in [1.29, 1.82) is 0 Å².